The molecule has 3 heterocycles. The van der Waals surface area contributed by atoms with Gasteiger partial charge in [0.25, 0.3) is 0 Å². The number of hydrogen-bond acceptors (Lipinski definition) is 4. The maximum absolute atomic E-state index is 12.1. The van der Waals surface area contributed by atoms with Crippen molar-refractivity contribution in [3.8, 4) is 0 Å². The first-order chi connectivity index (χ1) is 8.18. The molecule has 0 aliphatic carbocycles. The fourth-order valence-electron chi connectivity index (χ4n) is 1.85. The van der Waals surface area contributed by atoms with Crippen molar-refractivity contribution in [2.24, 2.45) is 4.99 Å². The van der Waals surface area contributed by atoms with Crippen molar-refractivity contribution in [1.82, 2.24) is 4.98 Å². The van der Waals surface area contributed by atoms with E-state index in [0.717, 1.165) is 5.22 Å². The molecule has 84 valence electrons. The minimum atomic E-state index is -3.43. The standard InChI is InChI=1S/C12H8N2O2S/c15-17(16)7-1-2-11-12(17)10-8-13-5-3-9(10)4-6-14-11/h1-8H. The minimum absolute atomic E-state index is 0.230. The normalized spacial score (nSPS) is 19.8. The Morgan fingerprint density at radius 1 is 1.18 bits per heavy atom. The lowest BCUT2D eigenvalue weighted by Gasteiger charge is -2.08. The smallest absolute Gasteiger partial charge is 0.202 e. The van der Waals surface area contributed by atoms with Gasteiger partial charge >= 0.3 is 0 Å². The monoisotopic (exact) mass is 244 g/mol. The molecule has 0 aromatic carbocycles. The molecule has 0 spiro atoms. The third kappa shape index (κ3) is 1.55. The Morgan fingerprint density at radius 3 is 2.94 bits per heavy atom. The summed E-state index contributed by atoms with van der Waals surface area (Å²) >= 11 is 0. The Kier molecular flexibility index (Phi) is 2.09. The van der Waals surface area contributed by atoms with Crippen LogP contribution >= 0.6 is 0 Å². The first-order valence-corrected chi connectivity index (χ1v) is 6.56. The van der Waals surface area contributed by atoms with E-state index in [4.69, 9.17) is 0 Å². The van der Waals surface area contributed by atoms with Crippen LogP contribution in [0.5, 0.6) is 0 Å². The Hall–Kier alpha value is -2.01. The van der Waals surface area contributed by atoms with Gasteiger partial charge in [0.15, 0.2) is 0 Å². The van der Waals surface area contributed by atoms with Crippen molar-refractivity contribution < 1.29 is 8.42 Å². The van der Waals surface area contributed by atoms with Crippen LogP contribution in [0.2, 0.25) is 0 Å². The highest BCUT2D eigenvalue weighted by atomic mass is 32.2. The van der Waals surface area contributed by atoms with Crippen LogP contribution in [-0.2, 0) is 9.84 Å². The summed E-state index contributed by atoms with van der Waals surface area (Å²) in [6.45, 7) is 0. The van der Waals surface area contributed by atoms with E-state index in [1.54, 1.807) is 36.8 Å². The molecule has 0 bridgehead atoms. The molecule has 5 heteroatoms. The number of nitrogens with zero attached hydrogens (tertiary/aromatic N) is 2. The highest BCUT2D eigenvalue weighted by Gasteiger charge is 2.23. The van der Waals surface area contributed by atoms with Crippen LogP contribution in [0.4, 0.5) is 0 Å². The summed E-state index contributed by atoms with van der Waals surface area (Å²) < 4.78 is 24.1. The third-order valence-electron chi connectivity index (χ3n) is 2.60. The summed E-state index contributed by atoms with van der Waals surface area (Å²) in [6.07, 6.45) is 9.74. The van der Waals surface area contributed by atoms with E-state index in [2.05, 4.69) is 9.98 Å². The van der Waals surface area contributed by atoms with E-state index in [-0.39, 0.29) is 4.91 Å². The average molecular weight is 244 g/mol. The van der Waals surface area contributed by atoms with Gasteiger partial charge in [-0.15, -0.1) is 0 Å². The Bertz CT molecular complexity index is 799. The highest BCUT2D eigenvalue weighted by Crippen LogP contribution is 2.24. The summed E-state index contributed by atoms with van der Waals surface area (Å²) in [5, 5.41) is 2.59. The van der Waals surface area contributed by atoms with Gasteiger partial charge in [0.1, 0.15) is 4.91 Å². The number of allylic oxidation sites excluding steroid dienone is 2. The Balaban J connectivity index is 2.59. The number of pyridine rings is 1. The van der Waals surface area contributed by atoms with Crippen LogP contribution in [0.3, 0.4) is 0 Å². The predicted molar refractivity (Wildman–Crippen MR) is 66.0 cm³/mol. The van der Waals surface area contributed by atoms with E-state index >= 15 is 0 Å². The Labute approximate surface area is 98.0 Å². The maximum Gasteiger partial charge on any atom is 0.202 e. The van der Waals surface area contributed by atoms with Gasteiger partial charge in [0.05, 0.1) is 5.70 Å². The van der Waals surface area contributed by atoms with Crippen LogP contribution in [0, 0.1) is 0 Å². The van der Waals surface area contributed by atoms with E-state index in [1.165, 1.54) is 11.5 Å². The molecular formula is C12H8N2O2S. The van der Waals surface area contributed by atoms with Crippen molar-refractivity contribution in [1.29, 1.82) is 0 Å². The van der Waals surface area contributed by atoms with Gasteiger partial charge in [0, 0.05) is 29.2 Å². The molecule has 1 aromatic rings. The molecular weight excluding hydrogens is 236 g/mol. The molecule has 0 fully saturated rings. The summed E-state index contributed by atoms with van der Waals surface area (Å²) in [5.41, 5.74) is 0.454. The van der Waals surface area contributed by atoms with Gasteiger partial charge in [0.2, 0.25) is 9.84 Å². The average Bonchev–Trinajstić information content (AvgIpc) is 2.48. The number of aromatic nitrogens is 1. The quantitative estimate of drug-likeness (QED) is 0.639. The van der Waals surface area contributed by atoms with Crippen LogP contribution in [-0.4, -0.2) is 19.6 Å². The molecule has 1 aromatic heterocycles. The number of aliphatic imine (C=N–C) groups is 1. The summed E-state index contributed by atoms with van der Waals surface area (Å²) in [5.74, 6) is 0. The molecule has 17 heavy (non-hydrogen) atoms. The van der Waals surface area contributed by atoms with E-state index in [1.807, 2.05) is 0 Å². The van der Waals surface area contributed by atoms with Crippen molar-refractivity contribution in [3.05, 3.63) is 52.2 Å². The van der Waals surface area contributed by atoms with Crippen LogP contribution in [0.1, 0.15) is 0 Å². The molecule has 0 radical (unpaired) electrons. The zero-order chi connectivity index (χ0) is 11.9. The first kappa shape index (κ1) is 10.2. The lowest BCUT2D eigenvalue weighted by Crippen LogP contribution is -2.29. The largest absolute Gasteiger partial charge is 0.264 e. The molecule has 0 saturated carbocycles. The molecule has 0 amide bonds. The SMILES string of the molecule is O=S1(=O)C=CC=C2N=CC=c3ccncc3=C21. The lowest BCUT2D eigenvalue weighted by atomic mass is 10.2. The molecule has 0 unspecified atom stereocenters. The van der Waals surface area contributed by atoms with Gasteiger partial charge in [-0.25, -0.2) is 8.42 Å². The van der Waals surface area contributed by atoms with Gasteiger partial charge < -0.3 is 0 Å². The second kappa shape index (κ2) is 3.49. The molecule has 4 nitrogen and oxygen atoms in total. The fraction of sp³-hybridized carbons (Fsp3) is 0. The molecule has 2 aliphatic rings. The summed E-state index contributed by atoms with van der Waals surface area (Å²) in [6, 6.07) is 1.77. The molecule has 2 aliphatic heterocycles. The Morgan fingerprint density at radius 2 is 2.06 bits per heavy atom. The van der Waals surface area contributed by atoms with Gasteiger partial charge in [-0.3, -0.25) is 9.98 Å². The topological polar surface area (TPSA) is 59.4 Å². The van der Waals surface area contributed by atoms with Gasteiger partial charge in [-0.1, -0.05) is 0 Å². The molecule has 0 N–H and O–H groups in total. The second-order valence-electron chi connectivity index (χ2n) is 3.66. The summed E-state index contributed by atoms with van der Waals surface area (Å²) in [7, 11) is -3.43. The van der Waals surface area contributed by atoms with Crippen molar-refractivity contribution in [3.63, 3.8) is 0 Å². The zero-order valence-corrected chi connectivity index (χ0v) is 9.55. The maximum atomic E-state index is 12.1. The fourth-order valence-corrected chi connectivity index (χ4v) is 3.17. The zero-order valence-electron chi connectivity index (χ0n) is 8.74. The van der Waals surface area contributed by atoms with Crippen LogP contribution in [0.15, 0.2) is 46.7 Å². The van der Waals surface area contributed by atoms with Gasteiger partial charge in [-0.05, 0) is 29.5 Å². The lowest BCUT2D eigenvalue weighted by molar-refractivity contribution is 0.613. The third-order valence-corrected chi connectivity index (χ3v) is 4.11. The van der Waals surface area contributed by atoms with Gasteiger partial charge in [-0.2, -0.15) is 0 Å². The number of hydrogen-bond donors (Lipinski definition) is 0. The summed E-state index contributed by atoms with van der Waals surface area (Å²) in [4.78, 5) is 8.35. The molecule has 3 rings (SSSR count). The van der Waals surface area contributed by atoms with E-state index in [9.17, 15) is 8.42 Å². The number of fused-ring (bicyclic) bond motifs is 2. The number of sulfone groups is 1. The van der Waals surface area contributed by atoms with E-state index in [0.29, 0.717) is 10.9 Å². The predicted octanol–water partition coefficient (Wildman–Crippen LogP) is -0.119. The minimum Gasteiger partial charge on any atom is -0.264 e. The molecule has 0 atom stereocenters. The van der Waals surface area contributed by atoms with Crippen molar-refractivity contribution in [2.75, 3.05) is 0 Å². The van der Waals surface area contributed by atoms with E-state index < -0.39 is 9.84 Å². The number of rotatable bonds is 0. The van der Waals surface area contributed by atoms with Crippen molar-refractivity contribution >= 4 is 27.0 Å². The molecule has 0 saturated heterocycles. The highest BCUT2D eigenvalue weighted by molar-refractivity contribution is 8.03. The van der Waals surface area contributed by atoms with Crippen LogP contribution in [0.25, 0.3) is 11.0 Å². The van der Waals surface area contributed by atoms with Crippen molar-refractivity contribution in [2.45, 2.75) is 0 Å². The second-order valence-corrected chi connectivity index (χ2v) is 5.43. The van der Waals surface area contributed by atoms with Crippen LogP contribution < -0.4 is 10.4 Å². The first-order valence-electron chi connectivity index (χ1n) is 5.01.